The van der Waals surface area contributed by atoms with E-state index in [4.69, 9.17) is 4.42 Å². The van der Waals surface area contributed by atoms with Gasteiger partial charge in [0, 0.05) is 11.3 Å². The van der Waals surface area contributed by atoms with E-state index in [1.54, 1.807) is 18.2 Å². The predicted octanol–water partition coefficient (Wildman–Crippen LogP) is 5.82. The molecule has 1 amide bonds. The van der Waals surface area contributed by atoms with E-state index in [1.165, 1.54) is 58.9 Å². The molecule has 36 heavy (non-hydrogen) atoms. The molecule has 0 aliphatic carbocycles. The topological polar surface area (TPSA) is 92.5 Å². The van der Waals surface area contributed by atoms with E-state index in [0.717, 1.165) is 24.3 Å². The van der Waals surface area contributed by atoms with Crippen LogP contribution in [-0.2, 0) is 16.6 Å². The van der Waals surface area contributed by atoms with Gasteiger partial charge in [-0.3, -0.25) is 14.4 Å². The zero-order chi connectivity index (χ0) is 25.3. The monoisotopic (exact) mass is 525 g/mol. The lowest BCUT2D eigenvalue weighted by Gasteiger charge is -2.19. The van der Waals surface area contributed by atoms with Crippen molar-refractivity contribution in [3.05, 3.63) is 108 Å². The highest BCUT2D eigenvalue weighted by Gasteiger charge is 2.23. The van der Waals surface area contributed by atoms with Crippen LogP contribution in [0.2, 0.25) is 0 Å². The van der Waals surface area contributed by atoms with Gasteiger partial charge in [0.25, 0.3) is 15.9 Å². The van der Waals surface area contributed by atoms with Gasteiger partial charge in [-0.25, -0.2) is 22.2 Å². The second kappa shape index (κ2) is 9.51. The molecule has 11 heteroatoms. The van der Waals surface area contributed by atoms with Crippen LogP contribution >= 0.6 is 11.3 Å². The van der Waals surface area contributed by atoms with Gasteiger partial charge in [-0.05, 0) is 78.9 Å². The number of carbonyl (C=O) groups excluding carboxylic acids is 1. The van der Waals surface area contributed by atoms with Crippen LogP contribution in [0.25, 0.3) is 10.2 Å². The molecule has 0 radical (unpaired) electrons. The molecule has 2 aromatic heterocycles. The van der Waals surface area contributed by atoms with Crippen LogP contribution in [-0.4, -0.2) is 19.3 Å². The molecular weight excluding hydrogens is 508 g/mol. The summed E-state index contributed by atoms with van der Waals surface area (Å²) in [5.41, 5.74) is 1.06. The summed E-state index contributed by atoms with van der Waals surface area (Å²) >= 11 is 1.17. The van der Waals surface area contributed by atoms with E-state index in [9.17, 15) is 22.0 Å². The van der Waals surface area contributed by atoms with Gasteiger partial charge in [0.2, 0.25) is 0 Å². The molecule has 1 N–H and O–H groups in total. The first kappa shape index (κ1) is 23.6. The fraction of sp³-hybridized carbons (Fsp3) is 0.0400. The Bertz CT molecular complexity index is 1630. The number of hydrogen-bond donors (Lipinski definition) is 1. The molecular formula is C25H17F2N3O4S2. The molecule has 7 nitrogen and oxygen atoms in total. The summed E-state index contributed by atoms with van der Waals surface area (Å²) in [7, 11) is -3.94. The van der Waals surface area contributed by atoms with Crippen molar-refractivity contribution in [2.24, 2.45) is 0 Å². The number of amides is 1. The molecule has 0 unspecified atom stereocenters. The maximum absolute atomic E-state index is 13.7. The van der Waals surface area contributed by atoms with Crippen LogP contribution in [0.15, 0.2) is 94.4 Å². The number of rotatable bonds is 7. The lowest BCUT2D eigenvalue weighted by Crippen LogP contribution is -2.30. The van der Waals surface area contributed by atoms with Gasteiger partial charge in [0.15, 0.2) is 5.13 Å². The quantitative estimate of drug-likeness (QED) is 0.289. The Labute approximate surface area is 208 Å². The van der Waals surface area contributed by atoms with Crippen LogP contribution < -0.4 is 9.62 Å². The van der Waals surface area contributed by atoms with Crippen LogP contribution in [0, 0.1) is 11.6 Å². The standard InChI is InChI=1S/C25H17F2N3O4S2/c26-17-5-10-21(11-6-17)36(32,33)29-19-8-3-16(4-9-19)24(31)30(15-20-2-1-13-34-20)25-28-22-12-7-18(27)14-23(22)35-25/h1-14,29H,15H2. The van der Waals surface area contributed by atoms with Crippen LogP contribution in [0.3, 0.4) is 0 Å². The summed E-state index contributed by atoms with van der Waals surface area (Å²) < 4.78 is 60.3. The number of anilines is 2. The molecule has 0 bridgehead atoms. The molecule has 5 aromatic rings. The van der Waals surface area contributed by atoms with Crippen molar-refractivity contribution in [2.45, 2.75) is 11.4 Å². The molecule has 0 fully saturated rings. The number of hydrogen-bond acceptors (Lipinski definition) is 6. The van der Waals surface area contributed by atoms with Crippen molar-refractivity contribution in [3.63, 3.8) is 0 Å². The van der Waals surface area contributed by atoms with E-state index < -0.39 is 27.6 Å². The average Bonchev–Trinajstić information content (AvgIpc) is 3.52. The molecule has 2 heterocycles. The van der Waals surface area contributed by atoms with E-state index in [-0.39, 0.29) is 22.7 Å². The van der Waals surface area contributed by atoms with Gasteiger partial charge in [-0.15, -0.1) is 0 Å². The Morgan fingerprint density at radius 3 is 2.39 bits per heavy atom. The van der Waals surface area contributed by atoms with Crippen molar-refractivity contribution < 1.29 is 26.4 Å². The Balaban J connectivity index is 1.41. The second-order valence-electron chi connectivity index (χ2n) is 7.72. The number of thiazole rings is 1. The van der Waals surface area contributed by atoms with E-state index >= 15 is 0 Å². The first-order valence-corrected chi connectivity index (χ1v) is 12.9. The normalized spacial score (nSPS) is 11.5. The van der Waals surface area contributed by atoms with E-state index in [0.29, 0.717) is 21.1 Å². The van der Waals surface area contributed by atoms with Gasteiger partial charge in [-0.1, -0.05) is 11.3 Å². The minimum Gasteiger partial charge on any atom is -0.467 e. The number of furan rings is 1. The molecule has 5 rings (SSSR count). The largest absolute Gasteiger partial charge is 0.467 e. The molecule has 0 saturated heterocycles. The zero-order valence-corrected chi connectivity index (χ0v) is 20.0. The summed E-state index contributed by atoms with van der Waals surface area (Å²) in [5.74, 6) is -0.828. The van der Waals surface area contributed by atoms with Crippen molar-refractivity contribution in [3.8, 4) is 0 Å². The van der Waals surface area contributed by atoms with Crippen molar-refractivity contribution in [2.75, 3.05) is 9.62 Å². The number of nitrogens with zero attached hydrogens (tertiary/aromatic N) is 2. The SMILES string of the molecule is O=C(c1ccc(NS(=O)(=O)c2ccc(F)cc2)cc1)N(Cc1ccco1)c1nc2ccc(F)cc2s1. The summed E-state index contributed by atoms with van der Waals surface area (Å²) in [6.07, 6.45) is 1.49. The van der Waals surface area contributed by atoms with Crippen LogP contribution in [0.4, 0.5) is 19.6 Å². The zero-order valence-electron chi connectivity index (χ0n) is 18.4. The highest BCUT2D eigenvalue weighted by atomic mass is 32.2. The Hall–Kier alpha value is -4.09. The van der Waals surface area contributed by atoms with Crippen LogP contribution in [0.5, 0.6) is 0 Å². The number of fused-ring (bicyclic) bond motifs is 1. The number of aromatic nitrogens is 1. The third-order valence-corrected chi connectivity index (χ3v) is 7.66. The first-order chi connectivity index (χ1) is 17.3. The summed E-state index contributed by atoms with van der Waals surface area (Å²) in [6.45, 7) is 0.0904. The molecule has 3 aromatic carbocycles. The van der Waals surface area contributed by atoms with Gasteiger partial charge in [0.05, 0.1) is 27.9 Å². The van der Waals surface area contributed by atoms with Crippen molar-refractivity contribution in [1.29, 1.82) is 0 Å². The molecule has 0 atom stereocenters. The minimum atomic E-state index is -3.94. The lowest BCUT2D eigenvalue weighted by atomic mass is 10.2. The molecule has 0 saturated carbocycles. The third kappa shape index (κ3) is 4.97. The lowest BCUT2D eigenvalue weighted by molar-refractivity contribution is 0.0983. The predicted molar refractivity (Wildman–Crippen MR) is 132 cm³/mol. The number of benzene rings is 3. The highest BCUT2D eigenvalue weighted by Crippen LogP contribution is 2.31. The van der Waals surface area contributed by atoms with Gasteiger partial charge >= 0.3 is 0 Å². The number of carbonyl (C=O) groups is 1. The fourth-order valence-corrected chi connectivity index (χ4v) is 5.50. The minimum absolute atomic E-state index is 0.0904. The maximum Gasteiger partial charge on any atom is 0.261 e. The summed E-state index contributed by atoms with van der Waals surface area (Å²) in [5, 5.41) is 0.359. The summed E-state index contributed by atoms with van der Waals surface area (Å²) in [4.78, 5) is 19.3. The van der Waals surface area contributed by atoms with Crippen molar-refractivity contribution in [1.82, 2.24) is 4.98 Å². The highest BCUT2D eigenvalue weighted by molar-refractivity contribution is 7.92. The number of nitrogens with one attached hydrogen (secondary N) is 1. The second-order valence-corrected chi connectivity index (χ2v) is 10.4. The molecule has 0 aliphatic rings. The van der Waals surface area contributed by atoms with Crippen molar-refractivity contribution >= 4 is 48.3 Å². The van der Waals surface area contributed by atoms with Gasteiger partial charge < -0.3 is 4.42 Å². The first-order valence-electron chi connectivity index (χ1n) is 10.6. The van der Waals surface area contributed by atoms with Gasteiger partial charge in [0.1, 0.15) is 17.4 Å². The Morgan fingerprint density at radius 2 is 1.69 bits per heavy atom. The molecule has 0 aliphatic heterocycles. The number of sulfonamides is 1. The smallest absolute Gasteiger partial charge is 0.261 e. The Morgan fingerprint density at radius 1 is 0.972 bits per heavy atom. The maximum atomic E-state index is 13.7. The summed E-state index contributed by atoms with van der Waals surface area (Å²) in [6, 6.07) is 17.9. The van der Waals surface area contributed by atoms with E-state index in [1.807, 2.05) is 0 Å². The van der Waals surface area contributed by atoms with Gasteiger partial charge in [-0.2, -0.15) is 0 Å². The van der Waals surface area contributed by atoms with E-state index in [2.05, 4.69) is 9.71 Å². The molecule has 0 spiro atoms. The fourth-order valence-electron chi connectivity index (χ4n) is 3.45. The molecule has 182 valence electrons. The average molecular weight is 526 g/mol. The number of halogens is 2. The van der Waals surface area contributed by atoms with Crippen LogP contribution in [0.1, 0.15) is 16.1 Å². The Kier molecular flexibility index (Phi) is 6.25. The third-order valence-electron chi connectivity index (χ3n) is 5.22.